The van der Waals surface area contributed by atoms with Gasteiger partial charge in [-0.15, -0.1) is 17.9 Å². The van der Waals surface area contributed by atoms with Gasteiger partial charge in [-0.25, -0.2) is 4.68 Å². The highest BCUT2D eigenvalue weighted by atomic mass is 32.1. The number of benzene rings is 1. The van der Waals surface area contributed by atoms with E-state index in [1.165, 1.54) is 11.3 Å². The van der Waals surface area contributed by atoms with Crippen LogP contribution in [0.3, 0.4) is 0 Å². The third-order valence-corrected chi connectivity index (χ3v) is 4.88. The van der Waals surface area contributed by atoms with Gasteiger partial charge in [-0.3, -0.25) is 9.98 Å². The highest BCUT2D eigenvalue weighted by molar-refractivity contribution is 7.07. The SMILES string of the molecule is C=CCN=c1scc(-c2cc(OC)c(OC)c(OC)c2)n1N=Cc1ccncc1. The number of hydrogen-bond donors (Lipinski definition) is 0. The number of pyridine rings is 1. The first-order chi connectivity index (χ1) is 14.2. The number of hydrogen-bond acceptors (Lipinski definition) is 7. The van der Waals surface area contributed by atoms with Gasteiger partial charge in [-0.2, -0.15) is 5.10 Å². The van der Waals surface area contributed by atoms with E-state index in [1.807, 2.05) is 29.6 Å². The van der Waals surface area contributed by atoms with Gasteiger partial charge in [0.1, 0.15) is 0 Å². The fourth-order valence-corrected chi connectivity index (χ4v) is 3.51. The predicted molar refractivity (Wildman–Crippen MR) is 115 cm³/mol. The van der Waals surface area contributed by atoms with E-state index in [0.29, 0.717) is 23.8 Å². The Morgan fingerprint density at radius 2 is 1.79 bits per heavy atom. The zero-order valence-electron chi connectivity index (χ0n) is 16.5. The van der Waals surface area contributed by atoms with E-state index in [4.69, 9.17) is 14.2 Å². The van der Waals surface area contributed by atoms with E-state index in [2.05, 4.69) is 21.7 Å². The van der Waals surface area contributed by atoms with Gasteiger partial charge >= 0.3 is 0 Å². The van der Waals surface area contributed by atoms with Crippen molar-refractivity contribution in [3.05, 3.63) is 65.1 Å². The lowest BCUT2D eigenvalue weighted by molar-refractivity contribution is 0.324. The molecular weight excluding hydrogens is 388 g/mol. The summed E-state index contributed by atoms with van der Waals surface area (Å²) in [4.78, 5) is 9.33. The molecule has 0 N–H and O–H groups in total. The van der Waals surface area contributed by atoms with E-state index in [0.717, 1.165) is 21.6 Å². The van der Waals surface area contributed by atoms with Crippen LogP contribution in [0.1, 0.15) is 5.56 Å². The van der Waals surface area contributed by atoms with E-state index < -0.39 is 0 Å². The van der Waals surface area contributed by atoms with Crippen molar-refractivity contribution in [1.29, 1.82) is 0 Å². The molecule has 0 spiro atoms. The summed E-state index contributed by atoms with van der Waals surface area (Å²) in [5.74, 6) is 1.68. The molecule has 0 bridgehead atoms. The lowest BCUT2D eigenvalue weighted by Gasteiger charge is -2.14. The second kappa shape index (κ2) is 9.70. The molecule has 29 heavy (non-hydrogen) atoms. The quantitative estimate of drug-likeness (QED) is 0.420. The van der Waals surface area contributed by atoms with E-state index in [1.54, 1.807) is 50.7 Å². The lowest BCUT2D eigenvalue weighted by Crippen LogP contribution is -2.12. The standard InChI is InChI=1S/C21H22N4O3S/c1-5-8-23-21-25(24-13-15-6-9-22-10-7-15)17(14-29-21)16-11-18(26-2)20(28-4)19(12-16)27-3/h5-7,9-14H,1,8H2,2-4H3. The van der Waals surface area contributed by atoms with Crippen LogP contribution >= 0.6 is 11.3 Å². The van der Waals surface area contributed by atoms with Crippen LogP contribution in [0.15, 0.2) is 64.8 Å². The summed E-state index contributed by atoms with van der Waals surface area (Å²) in [6.45, 7) is 4.24. The number of thiazole rings is 1. The van der Waals surface area contributed by atoms with Gasteiger partial charge in [0.2, 0.25) is 10.6 Å². The summed E-state index contributed by atoms with van der Waals surface area (Å²) in [5, 5.41) is 6.65. The molecule has 2 heterocycles. The molecule has 1 aromatic carbocycles. The first kappa shape index (κ1) is 20.3. The normalized spacial score (nSPS) is 11.6. The third-order valence-electron chi connectivity index (χ3n) is 4.03. The van der Waals surface area contributed by atoms with Crippen molar-refractivity contribution < 1.29 is 14.2 Å². The van der Waals surface area contributed by atoms with Gasteiger partial charge < -0.3 is 14.2 Å². The van der Waals surface area contributed by atoms with Crippen LogP contribution in [0, 0.1) is 0 Å². The van der Waals surface area contributed by atoms with Gasteiger partial charge in [0.25, 0.3) is 0 Å². The minimum atomic E-state index is 0.500. The van der Waals surface area contributed by atoms with Crippen molar-refractivity contribution in [2.24, 2.45) is 10.1 Å². The Balaban J connectivity index is 2.16. The Morgan fingerprint density at radius 3 is 2.38 bits per heavy atom. The monoisotopic (exact) mass is 410 g/mol. The minimum absolute atomic E-state index is 0.500. The van der Waals surface area contributed by atoms with Gasteiger partial charge in [-0.05, 0) is 29.8 Å². The minimum Gasteiger partial charge on any atom is -0.493 e. The van der Waals surface area contributed by atoms with Crippen molar-refractivity contribution in [2.75, 3.05) is 27.9 Å². The molecule has 0 aliphatic heterocycles. The molecule has 3 rings (SSSR count). The van der Waals surface area contributed by atoms with Crippen molar-refractivity contribution in [2.45, 2.75) is 0 Å². The van der Waals surface area contributed by atoms with Crippen molar-refractivity contribution in [3.63, 3.8) is 0 Å². The largest absolute Gasteiger partial charge is 0.493 e. The van der Waals surface area contributed by atoms with Crippen molar-refractivity contribution >= 4 is 17.6 Å². The fourth-order valence-electron chi connectivity index (χ4n) is 2.66. The summed E-state index contributed by atoms with van der Waals surface area (Å²) < 4.78 is 18.2. The summed E-state index contributed by atoms with van der Waals surface area (Å²) in [6.07, 6.45) is 6.96. The zero-order valence-corrected chi connectivity index (χ0v) is 17.3. The Bertz CT molecular complexity index is 1050. The Hall–Kier alpha value is -3.39. The molecule has 0 saturated carbocycles. The van der Waals surface area contributed by atoms with Crippen molar-refractivity contribution in [3.8, 4) is 28.5 Å². The molecule has 0 radical (unpaired) electrons. The molecular formula is C21H22N4O3S. The van der Waals surface area contributed by atoms with Crippen LogP contribution in [-0.4, -0.2) is 43.7 Å². The van der Waals surface area contributed by atoms with E-state index in [-0.39, 0.29) is 0 Å². The topological polar surface area (TPSA) is 70.2 Å². The maximum Gasteiger partial charge on any atom is 0.206 e. The molecule has 0 fully saturated rings. The molecule has 150 valence electrons. The van der Waals surface area contributed by atoms with Crippen LogP contribution < -0.4 is 19.0 Å². The van der Waals surface area contributed by atoms with Crippen LogP contribution in [0.2, 0.25) is 0 Å². The number of methoxy groups -OCH3 is 3. The number of nitrogens with zero attached hydrogens (tertiary/aromatic N) is 4. The number of aromatic nitrogens is 2. The lowest BCUT2D eigenvalue weighted by atomic mass is 10.1. The fraction of sp³-hybridized carbons (Fsp3) is 0.190. The smallest absolute Gasteiger partial charge is 0.206 e. The first-order valence-electron chi connectivity index (χ1n) is 8.78. The molecule has 2 aromatic heterocycles. The Morgan fingerprint density at radius 1 is 1.10 bits per heavy atom. The van der Waals surface area contributed by atoms with Gasteiger partial charge in [-0.1, -0.05) is 6.08 Å². The molecule has 3 aromatic rings. The molecule has 0 amide bonds. The molecule has 7 nitrogen and oxygen atoms in total. The maximum atomic E-state index is 5.49. The third kappa shape index (κ3) is 4.55. The molecule has 0 aliphatic rings. The summed E-state index contributed by atoms with van der Waals surface area (Å²) >= 11 is 1.49. The Labute approximate surface area is 173 Å². The van der Waals surface area contributed by atoms with Gasteiger partial charge in [0.05, 0.1) is 39.8 Å². The van der Waals surface area contributed by atoms with Crippen LogP contribution in [0.4, 0.5) is 0 Å². The maximum absolute atomic E-state index is 5.49. The van der Waals surface area contributed by atoms with Gasteiger partial charge in [0.15, 0.2) is 11.5 Å². The highest BCUT2D eigenvalue weighted by Crippen LogP contribution is 2.41. The second-order valence-electron chi connectivity index (χ2n) is 5.78. The van der Waals surface area contributed by atoms with Crippen LogP contribution in [0.5, 0.6) is 17.2 Å². The molecule has 0 unspecified atom stereocenters. The molecule has 8 heteroatoms. The summed E-state index contributed by atoms with van der Waals surface area (Å²) in [5.41, 5.74) is 2.65. The molecule has 0 aliphatic carbocycles. The van der Waals surface area contributed by atoms with E-state index in [9.17, 15) is 0 Å². The zero-order chi connectivity index (χ0) is 20.6. The molecule has 0 atom stereocenters. The summed E-state index contributed by atoms with van der Waals surface area (Å²) in [6, 6.07) is 7.55. The Kier molecular flexibility index (Phi) is 6.80. The predicted octanol–water partition coefficient (Wildman–Crippen LogP) is 3.61. The second-order valence-corrected chi connectivity index (χ2v) is 6.62. The van der Waals surface area contributed by atoms with Crippen LogP contribution in [0.25, 0.3) is 11.3 Å². The number of rotatable bonds is 8. The van der Waals surface area contributed by atoms with Gasteiger partial charge in [0, 0.05) is 23.3 Å². The average molecular weight is 410 g/mol. The summed E-state index contributed by atoms with van der Waals surface area (Å²) in [7, 11) is 4.76. The van der Waals surface area contributed by atoms with Crippen molar-refractivity contribution in [1.82, 2.24) is 9.66 Å². The highest BCUT2D eigenvalue weighted by Gasteiger charge is 2.16. The molecule has 0 saturated heterocycles. The van der Waals surface area contributed by atoms with E-state index >= 15 is 0 Å². The first-order valence-corrected chi connectivity index (χ1v) is 9.66. The van der Waals surface area contributed by atoms with Crippen LogP contribution in [-0.2, 0) is 0 Å². The number of ether oxygens (including phenoxy) is 3. The average Bonchev–Trinajstić information content (AvgIpc) is 3.18.